The Labute approximate surface area is 138 Å². The fraction of sp³-hybridized carbons (Fsp3) is 0.450. The van der Waals surface area contributed by atoms with Crippen LogP contribution in [0.3, 0.4) is 0 Å². The van der Waals surface area contributed by atoms with Crippen molar-refractivity contribution in [2.75, 3.05) is 19.6 Å². The van der Waals surface area contributed by atoms with E-state index < -0.39 is 0 Å². The van der Waals surface area contributed by atoms with Crippen molar-refractivity contribution in [2.24, 2.45) is 5.41 Å². The molecular weight excluding hydrogens is 284 g/mol. The number of nitrogens with one attached hydrogen (secondary N) is 2. The first kappa shape index (κ1) is 16.0. The molecule has 3 heteroatoms. The van der Waals surface area contributed by atoms with E-state index in [-0.39, 0.29) is 11.3 Å². The van der Waals surface area contributed by atoms with Crippen LogP contribution < -0.4 is 10.6 Å². The van der Waals surface area contributed by atoms with E-state index in [0.717, 1.165) is 38.9 Å². The van der Waals surface area contributed by atoms with Gasteiger partial charge in [-0.05, 0) is 54.1 Å². The second kappa shape index (κ2) is 7.14. The van der Waals surface area contributed by atoms with E-state index >= 15 is 0 Å². The largest absolute Gasteiger partial charge is 0.356 e. The normalized spacial score (nSPS) is 17.1. The maximum absolute atomic E-state index is 12.1. The van der Waals surface area contributed by atoms with Gasteiger partial charge in [-0.15, -0.1) is 0 Å². The lowest BCUT2D eigenvalue weighted by atomic mass is 9.81. The Balaban J connectivity index is 1.49. The molecule has 0 bridgehead atoms. The first-order chi connectivity index (χ1) is 11.1. The lowest BCUT2D eigenvalue weighted by Crippen LogP contribution is -2.42. The molecule has 0 atom stereocenters. The molecule has 1 fully saturated rings. The molecule has 122 valence electrons. The number of piperidine rings is 1. The van der Waals surface area contributed by atoms with E-state index in [0.29, 0.717) is 6.42 Å². The topological polar surface area (TPSA) is 41.1 Å². The van der Waals surface area contributed by atoms with Crippen molar-refractivity contribution in [3.63, 3.8) is 0 Å². The minimum atomic E-state index is 0.165. The van der Waals surface area contributed by atoms with Gasteiger partial charge in [0.15, 0.2) is 0 Å². The highest BCUT2D eigenvalue weighted by Gasteiger charge is 2.26. The molecule has 1 aliphatic rings. The summed E-state index contributed by atoms with van der Waals surface area (Å²) in [6, 6.07) is 14.8. The lowest BCUT2D eigenvalue weighted by molar-refractivity contribution is -0.121. The van der Waals surface area contributed by atoms with Gasteiger partial charge in [0.1, 0.15) is 0 Å². The monoisotopic (exact) mass is 310 g/mol. The molecule has 1 amide bonds. The van der Waals surface area contributed by atoms with Crippen molar-refractivity contribution in [1.29, 1.82) is 0 Å². The highest BCUT2D eigenvalue weighted by Crippen LogP contribution is 2.26. The summed E-state index contributed by atoms with van der Waals surface area (Å²) in [5.74, 6) is 0.165. The molecule has 2 N–H and O–H groups in total. The molecule has 2 aromatic carbocycles. The van der Waals surface area contributed by atoms with Crippen LogP contribution in [0.15, 0.2) is 42.5 Å². The Kier molecular flexibility index (Phi) is 4.97. The standard InChI is InChI=1S/C20H26N2O/c1-20(10-12-21-13-11-20)15-22-19(23)9-7-16-6-8-17-4-2-3-5-18(17)14-16/h2-6,8,14,21H,7,9-13,15H2,1H3,(H,22,23). The number of rotatable bonds is 5. The van der Waals surface area contributed by atoms with E-state index in [1.54, 1.807) is 0 Å². The molecule has 23 heavy (non-hydrogen) atoms. The second-order valence-electron chi connectivity index (χ2n) is 7.02. The molecule has 3 rings (SSSR count). The number of carbonyl (C=O) groups is 1. The van der Waals surface area contributed by atoms with Crippen LogP contribution in [0.25, 0.3) is 10.8 Å². The number of benzene rings is 2. The van der Waals surface area contributed by atoms with Crippen molar-refractivity contribution < 1.29 is 4.79 Å². The van der Waals surface area contributed by atoms with Crippen molar-refractivity contribution >= 4 is 16.7 Å². The van der Waals surface area contributed by atoms with Gasteiger partial charge in [-0.3, -0.25) is 4.79 Å². The van der Waals surface area contributed by atoms with E-state index in [4.69, 9.17) is 0 Å². The third-order valence-electron chi connectivity index (χ3n) is 4.98. The molecule has 0 spiro atoms. The molecule has 0 saturated carbocycles. The van der Waals surface area contributed by atoms with E-state index in [9.17, 15) is 4.79 Å². The molecule has 0 radical (unpaired) electrons. The summed E-state index contributed by atoms with van der Waals surface area (Å²) in [7, 11) is 0. The van der Waals surface area contributed by atoms with Gasteiger partial charge < -0.3 is 10.6 Å². The molecule has 3 nitrogen and oxygen atoms in total. The smallest absolute Gasteiger partial charge is 0.220 e. The predicted octanol–water partition coefficient (Wildman–Crippen LogP) is 3.28. The predicted molar refractivity (Wildman–Crippen MR) is 95.5 cm³/mol. The third kappa shape index (κ3) is 4.32. The van der Waals surface area contributed by atoms with Crippen LogP contribution >= 0.6 is 0 Å². The first-order valence-corrected chi connectivity index (χ1v) is 8.60. The summed E-state index contributed by atoms with van der Waals surface area (Å²) in [6.45, 7) is 5.19. The maximum Gasteiger partial charge on any atom is 0.220 e. The highest BCUT2D eigenvalue weighted by molar-refractivity contribution is 5.83. The number of hydrogen-bond acceptors (Lipinski definition) is 2. The number of fused-ring (bicyclic) bond motifs is 1. The molecule has 0 unspecified atom stereocenters. The van der Waals surface area contributed by atoms with E-state index in [1.807, 2.05) is 0 Å². The van der Waals surface area contributed by atoms with E-state index in [2.05, 4.69) is 60.0 Å². The molecule has 1 aliphatic heterocycles. The average Bonchev–Trinajstić information content (AvgIpc) is 2.59. The Hall–Kier alpha value is -1.87. The summed E-state index contributed by atoms with van der Waals surface area (Å²) in [5, 5.41) is 9.00. The van der Waals surface area contributed by atoms with Crippen molar-refractivity contribution in [2.45, 2.75) is 32.6 Å². The molecule has 2 aromatic rings. The fourth-order valence-electron chi connectivity index (χ4n) is 3.26. The van der Waals surface area contributed by atoms with Crippen molar-refractivity contribution in [3.8, 4) is 0 Å². The van der Waals surface area contributed by atoms with Crippen LogP contribution in [0, 0.1) is 5.41 Å². The van der Waals surface area contributed by atoms with Gasteiger partial charge in [-0.1, -0.05) is 49.4 Å². The van der Waals surface area contributed by atoms with Crippen LogP contribution in [0.1, 0.15) is 31.7 Å². The zero-order chi connectivity index (χ0) is 16.1. The molecule has 1 saturated heterocycles. The second-order valence-corrected chi connectivity index (χ2v) is 7.02. The average molecular weight is 310 g/mol. The Morgan fingerprint density at radius 2 is 1.87 bits per heavy atom. The Morgan fingerprint density at radius 3 is 2.65 bits per heavy atom. The molecule has 0 aliphatic carbocycles. The number of aryl methyl sites for hydroxylation is 1. The van der Waals surface area contributed by atoms with E-state index in [1.165, 1.54) is 16.3 Å². The quantitative estimate of drug-likeness (QED) is 0.890. The third-order valence-corrected chi connectivity index (χ3v) is 4.98. The summed E-state index contributed by atoms with van der Waals surface area (Å²) >= 11 is 0. The van der Waals surface area contributed by atoms with Gasteiger partial charge in [0.2, 0.25) is 5.91 Å². The minimum absolute atomic E-state index is 0.165. The summed E-state index contributed by atoms with van der Waals surface area (Å²) in [5.41, 5.74) is 1.48. The van der Waals surface area contributed by atoms with Crippen LogP contribution in [-0.4, -0.2) is 25.5 Å². The number of amides is 1. The maximum atomic E-state index is 12.1. The van der Waals surface area contributed by atoms with Gasteiger partial charge >= 0.3 is 0 Å². The van der Waals surface area contributed by atoms with Crippen LogP contribution in [0.2, 0.25) is 0 Å². The van der Waals surface area contributed by atoms with Gasteiger partial charge in [0.05, 0.1) is 0 Å². The number of hydrogen-bond donors (Lipinski definition) is 2. The fourth-order valence-corrected chi connectivity index (χ4v) is 3.26. The van der Waals surface area contributed by atoms with Crippen LogP contribution in [-0.2, 0) is 11.2 Å². The lowest BCUT2D eigenvalue weighted by Gasteiger charge is -2.34. The number of carbonyl (C=O) groups excluding carboxylic acids is 1. The van der Waals surface area contributed by atoms with Gasteiger partial charge in [-0.25, -0.2) is 0 Å². The Morgan fingerprint density at radius 1 is 1.13 bits per heavy atom. The Bertz CT molecular complexity index is 674. The van der Waals surface area contributed by atoms with Crippen LogP contribution in [0.4, 0.5) is 0 Å². The van der Waals surface area contributed by atoms with Crippen molar-refractivity contribution in [1.82, 2.24) is 10.6 Å². The van der Waals surface area contributed by atoms with Gasteiger partial charge in [-0.2, -0.15) is 0 Å². The first-order valence-electron chi connectivity index (χ1n) is 8.60. The van der Waals surface area contributed by atoms with Crippen LogP contribution in [0.5, 0.6) is 0 Å². The highest BCUT2D eigenvalue weighted by atomic mass is 16.1. The molecule has 1 heterocycles. The summed E-state index contributed by atoms with van der Waals surface area (Å²) < 4.78 is 0. The summed E-state index contributed by atoms with van der Waals surface area (Å²) in [6.07, 6.45) is 3.64. The van der Waals surface area contributed by atoms with Gasteiger partial charge in [0.25, 0.3) is 0 Å². The SMILES string of the molecule is CC1(CNC(=O)CCc2ccc3ccccc3c2)CCNCC1. The molecular formula is C20H26N2O. The zero-order valence-electron chi connectivity index (χ0n) is 13.9. The van der Waals surface area contributed by atoms with Gasteiger partial charge in [0, 0.05) is 13.0 Å². The van der Waals surface area contributed by atoms with Crippen molar-refractivity contribution in [3.05, 3.63) is 48.0 Å². The zero-order valence-corrected chi connectivity index (χ0v) is 13.9. The minimum Gasteiger partial charge on any atom is -0.356 e. The molecule has 0 aromatic heterocycles. The summed E-state index contributed by atoms with van der Waals surface area (Å²) in [4.78, 5) is 12.1.